The van der Waals surface area contributed by atoms with E-state index < -0.39 is 10.0 Å². The van der Waals surface area contributed by atoms with Crippen molar-refractivity contribution in [3.05, 3.63) is 29.8 Å². The van der Waals surface area contributed by atoms with Gasteiger partial charge in [0, 0.05) is 13.1 Å². The van der Waals surface area contributed by atoms with Gasteiger partial charge in [-0.25, -0.2) is 13.1 Å². The van der Waals surface area contributed by atoms with E-state index in [-0.39, 0.29) is 4.90 Å². The molecule has 2 aliphatic rings. The van der Waals surface area contributed by atoms with Crippen LogP contribution in [0.15, 0.2) is 34.7 Å². The summed E-state index contributed by atoms with van der Waals surface area (Å²) in [6, 6.07) is 4.90. The van der Waals surface area contributed by atoms with Crippen molar-refractivity contribution in [2.45, 2.75) is 11.3 Å². The van der Waals surface area contributed by atoms with Crippen LogP contribution in [0.5, 0.6) is 11.5 Å². The van der Waals surface area contributed by atoms with Crippen molar-refractivity contribution >= 4 is 10.0 Å². The Morgan fingerprint density at radius 2 is 2.10 bits per heavy atom. The summed E-state index contributed by atoms with van der Waals surface area (Å²) in [7, 11) is -3.62. The average Bonchev–Trinajstić information content (AvgIpc) is 2.53. The van der Waals surface area contributed by atoms with Gasteiger partial charge in [0.25, 0.3) is 0 Å². The summed E-state index contributed by atoms with van der Waals surface area (Å²) < 4.78 is 38.4. The molecule has 0 radical (unpaired) electrons. The van der Waals surface area contributed by atoms with E-state index >= 15 is 0 Å². The highest BCUT2D eigenvalue weighted by Crippen LogP contribution is 2.36. The summed E-state index contributed by atoms with van der Waals surface area (Å²) in [5, 5.41) is 3.19. The second kappa shape index (κ2) is 6.05. The fourth-order valence-electron chi connectivity index (χ4n) is 2.35. The third-order valence-electron chi connectivity index (χ3n) is 3.47. The van der Waals surface area contributed by atoms with Crippen LogP contribution in [0.25, 0.3) is 0 Å². The van der Waals surface area contributed by atoms with Gasteiger partial charge in [-0.1, -0.05) is 17.7 Å². The number of hydrogen-bond donors (Lipinski definition) is 2. The van der Waals surface area contributed by atoms with Crippen LogP contribution in [0.4, 0.5) is 0 Å². The molecule has 114 valence electrons. The van der Waals surface area contributed by atoms with E-state index in [9.17, 15) is 8.42 Å². The van der Waals surface area contributed by atoms with Crippen molar-refractivity contribution in [2.24, 2.45) is 0 Å². The number of ether oxygens (including phenoxy) is 2. The first-order valence-electron chi connectivity index (χ1n) is 6.94. The van der Waals surface area contributed by atoms with Crippen LogP contribution < -0.4 is 19.5 Å². The van der Waals surface area contributed by atoms with E-state index in [0.717, 1.165) is 25.1 Å². The van der Waals surface area contributed by atoms with Crippen LogP contribution in [0, 0.1) is 0 Å². The number of nitrogens with one attached hydrogen (secondary N) is 2. The van der Waals surface area contributed by atoms with Gasteiger partial charge in [0.1, 0.15) is 18.1 Å². The molecule has 3 rings (SSSR count). The zero-order valence-corrected chi connectivity index (χ0v) is 12.4. The Hall–Kier alpha value is -1.57. The summed E-state index contributed by atoms with van der Waals surface area (Å²) >= 11 is 0. The molecule has 0 saturated heterocycles. The molecule has 7 heteroatoms. The standard InChI is InChI=1S/C14H18N2O4S/c17-21(18,16-10-11-4-6-15-7-5-11)13-3-1-2-12-14(13)20-9-8-19-12/h1-4,15-16H,5-10H2. The molecule has 0 aliphatic carbocycles. The Balaban J connectivity index is 1.80. The molecule has 2 heterocycles. The molecule has 1 aromatic rings. The van der Waals surface area contributed by atoms with Gasteiger partial charge in [0.15, 0.2) is 11.5 Å². The van der Waals surface area contributed by atoms with Gasteiger partial charge >= 0.3 is 0 Å². The zero-order chi connectivity index (χ0) is 14.7. The number of rotatable bonds is 4. The predicted octanol–water partition coefficient (Wildman–Crippen LogP) is 0.656. The van der Waals surface area contributed by atoms with Crippen molar-refractivity contribution in [3.8, 4) is 11.5 Å². The molecule has 0 aromatic heterocycles. The Bertz CT molecular complexity index is 655. The highest BCUT2D eigenvalue weighted by Gasteiger charge is 2.25. The third kappa shape index (κ3) is 3.20. The minimum absolute atomic E-state index is 0.134. The topological polar surface area (TPSA) is 76.7 Å². The fraction of sp³-hybridized carbons (Fsp3) is 0.429. The maximum atomic E-state index is 12.5. The molecular formula is C14H18N2O4S. The molecule has 0 unspecified atom stereocenters. The van der Waals surface area contributed by atoms with E-state index in [1.807, 2.05) is 6.08 Å². The van der Waals surface area contributed by atoms with Crippen molar-refractivity contribution < 1.29 is 17.9 Å². The van der Waals surface area contributed by atoms with Crippen LogP contribution in [-0.4, -0.2) is 41.3 Å². The maximum absolute atomic E-state index is 12.5. The first-order valence-corrected chi connectivity index (χ1v) is 8.42. The van der Waals surface area contributed by atoms with Gasteiger partial charge in [-0.15, -0.1) is 0 Å². The number of benzene rings is 1. The minimum Gasteiger partial charge on any atom is -0.486 e. The number of hydrogen-bond acceptors (Lipinski definition) is 5. The monoisotopic (exact) mass is 310 g/mol. The number of sulfonamides is 1. The lowest BCUT2D eigenvalue weighted by atomic mass is 10.1. The smallest absolute Gasteiger partial charge is 0.244 e. The van der Waals surface area contributed by atoms with Crippen molar-refractivity contribution in [1.82, 2.24) is 10.0 Å². The van der Waals surface area contributed by atoms with Gasteiger partial charge in [-0.2, -0.15) is 0 Å². The lowest BCUT2D eigenvalue weighted by Crippen LogP contribution is -2.30. The zero-order valence-electron chi connectivity index (χ0n) is 11.6. The largest absolute Gasteiger partial charge is 0.486 e. The molecule has 6 nitrogen and oxygen atoms in total. The maximum Gasteiger partial charge on any atom is 0.244 e. The van der Waals surface area contributed by atoms with Crippen LogP contribution in [-0.2, 0) is 10.0 Å². The number of fused-ring (bicyclic) bond motifs is 1. The highest BCUT2D eigenvalue weighted by atomic mass is 32.2. The molecule has 0 bridgehead atoms. The average molecular weight is 310 g/mol. The van der Waals surface area contributed by atoms with E-state index in [0.29, 0.717) is 31.3 Å². The quantitative estimate of drug-likeness (QED) is 0.799. The summed E-state index contributed by atoms with van der Waals surface area (Å²) in [5.74, 6) is 0.778. The van der Waals surface area contributed by atoms with Gasteiger partial charge in [-0.05, 0) is 25.1 Å². The van der Waals surface area contributed by atoms with Crippen LogP contribution in [0.2, 0.25) is 0 Å². The molecule has 0 saturated carbocycles. The summed E-state index contributed by atoms with van der Waals surface area (Å²) in [6.07, 6.45) is 2.88. The number of para-hydroxylation sites is 1. The van der Waals surface area contributed by atoms with Gasteiger partial charge in [0.2, 0.25) is 10.0 Å². The van der Waals surface area contributed by atoms with Crippen LogP contribution >= 0.6 is 0 Å². The first-order chi connectivity index (χ1) is 10.2. The first kappa shape index (κ1) is 14.4. The van der Waals surface area contributed by atoms with Crippen molar-refractivity contribution in [3.63, 3.8) is 0 Å². The Kier molecular flexibility index (Phi) is 4.14. The van der Waals surface area contributed by atoms with Crippen molar-refractivity contribution in [1.29, 1.82) is 0 Å². The van der Waals surface area contributed by atoms with E-state index in [1.54, 1.807) is 12.1 Å². The molecule has 1 aromatic carbocycles. The van der Waals surface area contributed by atoms with Gasteiger partial charge < -0.3 is 14.8 Å². The molecular weight excluding hydrogens is 292 g/mol. The Labute approximate surface area is 124 Å². The highest BCUT2D eigenvalue weighted by molar-refractivity contribution is 7.89. The Morgan fingerprint density at radius 1 is 1.24 bits per heavy atom. The SMILES string of the molecule is O=S(=O)(NCC1=CCNCC1)c1cccc2c1OCCO2. The molecule has 2 N–H and O–H groups in total. The van der Waals surface area contributed by atoms with E-state index in [2.05, 4.69) is 10.0 Å². The van der Waals surface area contributed by atoms with Crippen LogP contribution in [0.3, 0.4) is 0 Å². The van der Waals surface area contributed by atoms with E-state index in [4.69, 9.17) is 9.47 Å². The Morgan fingerprint density at radius 3 is 2.90 bits per heavy atom. The summed E-state index contributed by atoms with van der Waals surface area (Å²) in [4.78, 5) is 0.134. The lowest BCUT2D eigenvalue weighted by molar-refractivity contribution is 0.167. The normalized spacial score (nSPS) is 18.2. The predicted molar refractivity (Wildman–Crippen MR) is 78.2 cm³/mol. The van der Waals surface area contributed by atoms with Gasteiger partial charge in [0.05, 0.1) is 0 Å². The van der Waals surface area contributed by atoms with Gasteiger partial charge in [-0.3, -0.25) is 0 Å². The molecule has 0 amide bonds. The summed E-state index contributed by atoms with van der Waals surface area (Å²) in [6.45, 7) is 2.79. The summed E-state index contributed by atoms with van der Waals surface area (Å²) in [5.41, 5.74) is 1.10. The van der Waals surface area contributed by atoms with E-state index in [1.165, 1.54) is 6.07 Å². The molecule has 0 fully saturated rings. The molecule has 0 spiro atoms. The third-order valence-corrected chi connectivity index (χ3v) is 4.89. The lowest BCUT2D eigenvalue weighted by Gasteiger charge is -2.21. The molecule has 21 heavy (non-hydrogen) atoms. The second-order valence-electron chi connectivity index (χ2n) is 4.92. The van der Waals surface area contributed by atoms with Crippen LogP contribution in [0.1, 0.15) is 6.42 Å². The molecule has 2 aliphatic heterocycles. The van der Waals surface area contributed by atoms with Crippen molar-refractivity contribution in [2.75, 3.05) is 32.8 Å². The minimum atomic E-state index is -3.62. The molecule has 0 atom stereocenters. The second-order valence-corrected chi connectivity index (χ2v) is 6.66. The fourth-order valence-corrected chi connectivity index (χ4v) is 3.55.